The van der Waals surface area contributed by atoms with Gasteiger partial charge in [-0.2, -0.15) is 4.98 Å². The number of anilines is 1. The maximum Gasteiger partial charge on any atom is 0.248 e. The fraction of sp³-hybridized carbons (Fsp3) is 0.167. The Balaban J connectivity index is 1.67. The van der Waals surface area contributed by atoms with Crippen LogP contribution in [-0.2, 0) is 10.5 Å². The van der Waals surface area contributed by atoms with Gasteiger partial charge in [-0.3, -0.25) is 4.79 Å². The van der Waals surface area contributed by atoms with Gasteiger partial charge in [0.25, 0.3) is 0 Å². The number of thioether (sulfide) groups is 1. The Hall–Kier alpha value is -2.65. The normalized spacial score (nSPS) is 16.1. The molecule has 0 aliphatic carbocycles. The first-order valence-corrected chi connectivity index (χ1v) is 10.0. The van der Waals surface area contributed by atoms with Crippen molar-refractivity contribution >= 4 is 35.0 Å². The summed E-state index contributed by atoms with van der Waals surface area (Å²) in [6.07, 6.45) is 0. The SMILES string of the molecule is CC1=C(C(N)=O)C(c2cccs2)n2nc(SCc3ccccc3F)nc2N1. The van der Waals surface area contributed by atoms with Crippen LogP contribution in [-0.4, -0.2) is 20.7 Å². The summed E-state index contributed by atoms with van der Waals surface area (Å²) in [5, 5.41) is 10.1. The summed E-state index contributed by atoms with van der Waals surface area (Å²) in [7, 11) is 0. The minimum absolute atomic E-state index is 0.253. The average molecular weight is 401 g/mol. The number of fused-ring (bicyclic) bond motifs is 1. The van der Waals surface area contributed by atoms with Crippen LogP contribution in [0.2, 0.25) is 0 Å². The smallest absolute Gasteiger partial charge is 0.248 e. The zero-order valence-electron chi connectivity index (χ0n) is 14.3. The van der Waals surface area contributed by atoms with Gasteiger partial charge in [-0.1, -0.05) is 36.0 Å². The number of amides is 1. The van der Waals surface area contributed by atoms with Crippen LogP contribution in [0.1, 0.15) is 23.4 Å². The van der Waals surface area contributed by atoms with Crippen molar-refractivity contribution in [3.05, 3.63) is 69.3 Å². The van der Waals surface area contributed by atoms with E-state index in [4.69, 9.17) is 5.73 Å². The molecule has 1 atom stereocenters. The molecule has 6 nitrogen and oxygen atoms in total. The van der Waals surface area contributed by atoms with Gasteiger partial charge in [0.1, 0.15) is 11.9 Å². The Morgan fingerprint density at radius 2 is 2.19 bits per heavy atom. The van der Waals surface area contributed by atoms with E-state index in [-0.39, 0.29) is 5.82 Å². The first-order valence-electron chi connectivity index (χ1n) is 8.18. The van der Waals surface area contributed by atoms with Crippen LogP contribution in [0.3, 0.4) is 0 Å². The van der Waals surface area contributed by atoms with Gasteiger partial charge in [-0.15, -0.1) is 16.4 Å². The number of carbonyl (C=O) groups excluding carboxylic acids is 1. The lowest BCUT2D eigenvalue weighted by molar-refractivity contribution is -0.115. The first kappa shape index (κ1) is 17.7. The molecule has 1 aliphatic heterocycles. The Kier molecular flexibility index (Phi) is 4.71. The highest BCUT2D eigenvalue weighted by atomic mass is 32.2. The second-order valence-electron chi connectivity index (χ2n) is 5.99. The lowest BCUT2D eigenvalue weighted by Gasteiger charge is -2.26. The van der Waals surface area contributed by atoms with Gasteiger partial charge in [0.2, 0.25) is 17.0 Å². The summed E-state index contributed by atoms with van der Waals surface area (Å²) < 4.78 is 15.5. The maximum absolute atomic E-state index is 13.8. The Labute approximate surface area is 163 Å². The highest BCUT2D eigenvalue weighted by Gasteiger charge is 2.33. The number of nitrogens with one attached hydrogen (secondary N) is 1. The number of primary amides is 1. The average Bonchev–Trinajstić information content (AvgIpc) is 3.29. The number of hydrogen-bond acceptors (Lipinski definition) is 6. The van der Waals surface area contributed by atoms with E-state index in [0.29, 0.717) is 33.7 Å². The molecule has 2 aromatic heterocycles. The molecule has 0 spiro atoms. The number of rotatable bonds is 5. The second-order valence-corrected chi connectivity index (χ2v) is 7.91. The van der Waals surface area contributed by atoms with E-state index < -0.39 is 11.9 Å². The van der Waals surface area contributed by atoms with Gasteiger partial charge in [-0.05, 0) is 30.0 Å². The van der Waals surface area contributed by atoms with Crippen molar-refractivity contribution in [3.63, 3.8) is 0 Å². The van der Waals surface area contributed by atoms with E-state index in [2.05, 4.69) is 15.4 Å². The molecule has 0 radical (unpaired) electrons. The fourth-order valence-corrected chi connectivity index (χ4v) is 4.61. The van der Waals surface area contributed by atoms with Crippen molar-refractivity contribution in [2.45, 2.75) is 23.9 Å². The molecule has 3 aromatic rings. The molecular formula is C18H16FN5OS2. The topological polar surface area (TPSA) is 85.8 Å². The van der Waals surface area contributed by atoms with Crippen molar-refractivity contribution in [3.8, 4) is 0 Å². The van der Waals surface area contributed by atoms with Crippen LogP contribution in [0.5, 0.6) is 0 Å². The predicted molar refractivity (Wildman–Crippen MR) is 104 cm³/mol. The molecule has 0 bridgehead atoms. The number of carbonyl (C=O) groups is 1. The van der Waals surface area contributed by atoms with Crippen LogP contribution in [0.4, 0.5) is 10.3 Å². The number of allylic oxidation sites excluding steroid dienone is 1. The van der Waals surface area contributed by atoms with Gasteiger partial charge in [0, 0.05) is 16.3 Å². The van der Waals surface area contributed by atoms with Gasteiger partial charge < -0.3 is 11.1 Å². The Morgan fingerprint density at radius 1 is 1.37 bits per heavy atom. The molecule has 0 saturated heterocycles. The van der Waals surface area contributed by atoms with E-state index in [9.17, 15) is 9.18 Å². The van der Waals surface area contributed by atoms with Crippen molar-refractivity contribution < 1.29 is 9.18 Å². The second kappa shape index (κ2) is 7.16. The first-order chi connectivity index (χ1) is 13.0. The molecule has 9 heteroatoms. The molecule has 4 rings (SSSR count). The number of thiophene rings is 1. The summed E-state index contributed by atoms with van der Waals surface area (Å²) >= 11 is 2.86. The monoisotopic (exact) mass is 401 g/mol. The molecule has 3 heterocycles. The molecule has 138 valence electrons. The van der Waals surface area contributed by atoms with E-state index in [1.165, 1.54) is 29.2 Å². The number of aromatic nitrogens is 3. The van der Waals surface area contributed by atoms with Gasteiger partial charge in [0.05, 0.1) is 5.57 Å². The van der Waals surface area contributed by atoms with Gasteiger partial charge in [-0.25, -0.2) is 9.07 Å². The van der Waals surface area contributed by atoms with E-state index >= 15 is 0 Å². The number of benzene rings is 1. The summed E-state index contributed by atoms with van der Waals surface area (Å²) in [6.45, 7) is 1.80. The predicted octanol–water partition coefficient (Wildman–Crippen LogP) is 3.55. The Bertz CT molecular complexity index is 1030. The van der Waals surface area contributed by atoms with Gasteiger partial charge >= 0.3 is 0 Å². The molecule has 27 heavy (non-hydrogen) atoms. The standard InChI is InChI=1S/C18H16FN5OS2/c1-10-14(16(20)25)15(13-7-4-8-26-13)24-17(21-10)22-18(23-24)27-9-11-5-2-3-6-12(11)19/h2-8,15H,9H2,1H3,(H2,20,25)(H,21,22,23). The highest BCUT2D eigenvalue weighted by Crippen LogP contribution is 2.37. The molecule has 0 fully saturated rings. The summed E-state index contributed by atoms with van der Waals surface area (Å²) in [5.41, 5.74) is 7.33. The van der Waals surface area contributed by atoms with E-state index in [1.54, 1.807) is 29.8 Å². The summed E-state index contributed by atoms with van der Waals surface area (Å²) in [6, 6.07) is 10.1. The molecule has 1 aromatic carbocycles. The lowest BCUT2D eigenvalue weighted by atomic mass is 10.0. The van der Waals surface area contributed by atoms with Crippen LogP contribution in [0, 0.1) is 5.82 Å². The lowest BCUT2D eigenvalue weighted by Crippen LogP contribution is -2.31. The van der Waals surface area contributed by atoms with Crippen molar-refractivity contribution in [1.82, 2.24) is 14.8 Å². The number of halogens is 1. The largest absolute Gasteiger partial charge is 0.366 e. The zero-order chi connectivity index (χ0) is 19.0. The molecule has 1 aliphatic rings. The molecule has 1 amide bonds. The van der Waals surface area contributed by atoms with Crippen LogP contribution in [0.15, 0.2) is 58.2 Å². The summed E-state index contributed by atoms with van der Waals surface area (Å²) in [4.78, 5) is 17.5. The van der Waals surface area contributed by atoms with E-state index in [1.807, 2.05) is 17.5 Å². The van der Waals surface area contributed by atoms with Crippen LogP contribution in [0.25, 0.3) is 0 Å². The highest BCUT2D eigenvalue weighted by molar-refractivity contribution is 7.98. The van der Waals surface area contributed by atoms with Crippen LogP contribution >= 0.6 is 23.1 Å². The van der Waals surface area contributed by atoms with Crippen molar-refractivity contribution in [2.24, 2.45) is 5.73 Å². The van der Waals surface area contributed by atoms with Crippen LogP contribution < -0.4 is 11.1 Å². The fourth-order valence-electron chi connectivity index (χ4n) is 2.98. The third-order valence-corrected chi connectivity index (χ3v) is 6.04. The molecule has 3 N–H and O–H groups in total. The third kappa shape index (κ3) is 3.35. The van der Waals surface area contributed by atoms with Gasteiger partial charge in [0.15, 0.2) is 0 Å². The minimum Gasteiger partial charge on any atom is -0.366 e. The quantitative estimate of drug-likeness (QED) is 0.639. The summed E-state index contributed by atoms with van der Waals surface area (Å²) in [5.74, 6) is 0.193. The molecule has 1 unspecified atom stereocenters. The number of nitrogens with two attached hydrogens (primary N) is 1. The zero-order valence-corrected chi connectivity index (χ0v) is 16.0. The van der Waals surface area contributed by atoms with Crippen molar-refractivity contribution in [2.75, 3.05) is 5.32 Å². The maximum atomic E-state index is 13.8. The van der Waals surface area contributed by atoms with Crippen molar-refractivity contribution in [1.29, 1.82) is 0 Å². The molecule has 0 saturated carbocycles. The molecular weight excluding hydrogens is 385 g/mol. The van der Waals surface area contributed by atoms with E-state index in [0.717, 1.165) is 4.88 Å². The number of nitrogens with zero attached hydrogens (tertiary/aromatic N) is 3. The minimum atomic E-state index is -0.500. The number of hydrogen-bond donors (Lipinski definition) is 2. The Morgan fingerprint density at radius 3 is 2.89 bits per heavy atom. The third-order valence-electron chi connectivity index (χ3n) is 4.23.